The van der Waals surface area contributed by atoms with Crippen LogP contribution in [0, 0.1) is 17.3 Å². The molecule has 1 N–H and O–H groups in total. The predicted octanol–water partition coefficient (Wildman–Crippen LogP) is 5.09. The SMILES string of the molecule is C/C=C(\C)C1CC(N=[N+]=[N-])C(O)CCCC(C)C(OP)C(C)C(=O)C(C)(C)C(OP)CC(=O)O1. The number of aliphatic hydroxyl groups excluding tert-OH is 1. The lowest BCUT2D eigenvalue weighted by Gasteiger charge is -2.37. The summed E-state index contributed by atoms with van der Waals surface area (Å²) in [5, 5.41) is 14.6. The third-order valence-electron chi connectivity index (χ3n) is 7.08. The van der Waals surface area contributed by atoms with Crippen LogP contribution in [0.5, 0.6) is 0 Å². The van der Waals surface area contributed by atoms with E-state index in [4.69, 9.17) is 19.3 Å². The number of carbonyl (C=O) groups excluding carboxylic acids is 2. The summed E-state index contributed by atoms with van der Waals surface area (Å²) in [6.45, 7) is 11.0. The number of esters is 1. The zero-order valence-corrected chi connectivity index (χ0v) is 23.4. The van der Waals surface area contributed by atoms with Crippen LogP contribution in [-0.4, -0.2) is 47.3 Å². The Labute approximate surface area is 207 Å². The molecule has 1 rings (SSSR count). The van der Waals surface area contributed by atoms with Crippen molar-refractivity contribution in [3.63, 3.8) is 0 Å². The van der Waals surface area contributed by atoms with E-state index >= 15 is 0 Å². The Morgan fingerprint density at radius 2 is 1.91 bits per heavy atom. The molecule has 0 aromatic carbocycles. The van der Waals surface area contributed by atoms with E-state index in [0.29, 0.717) is 19.3 Å². The van der Waals surface area contributed by atoms with Gasteiger partial charge in [-0.1, -0.05) is 45.3 Å². The molecule has 0 radical (unpaired) electrons. The third-order valence-corrected chi connectivity index (χ3v) is 7.72. The fraction of sp³-hybridized carbons (Fsp3) is 0.826. The molecule has 0 aromatic heterocycles. The van der Waals surface area contributed by atoms with Gasteiger partial charge in [0.25, 0.3) is 0 Å². The van der Waals surface area contributed by atoms with Gasteiger partial charge in [0, 0.05) is 29.8 Å². The first-order chi connectivity index (χ1) is 15.9. The number of carbonyl (C=O) groups is 2. The number of ether oxygens (including phenoxy) is 1. The van der Waals surface area contributed by atoms with E-state index in [1.807, 2.05) is 33.8 Å². The molecule has 0 spiro atoms. The van der Waals surface area contributed by atoms with Crippen molar-refractivity contribution < 1.29 is 28.5 Å². The number of Topliss-reactive ketones (excluding diaryl/α,β-unsaturated/α-hetero) is 1. The van der Waals surface area contributed by atoms with Gasteiger partial charge < -0.3 is 18.9 Å². The molecule has 1 fully saturated rings. The summed E-state index contributed by atoms with van der Waals surface area (Å²) in [5.74, 6) is -1.03. The number of hydrogen-bond acceptors (Lipinski definition) is 7. The molecule has 1 heterocycles. The number of cyclic esters (lactones) is 1. The number of nitrogens with zero attached hydrogens (tertiary/aromatic N) is 3. The van der Waals surface area contributed by atoms with Gasteiger partial charge in [-0.05, 0) is 50.1 Å². The van der Waals surface area contributed by atoms with E-state index in [0.717, 1.165) is 5.57 Å². The van der Waals surface area contributed by atoms with Crippen LogP contribution < -0.4 is 0 Å². The monoisotopic (exact) mass is 517 g/mol. The number of hydrogen-bond donors (Lipinski definition) is 1. The average molecular weight is 518 g/mol. The van der Waals surface area contributed by atoms with Crippen molar-refractivity contribution in [1.29, 1.82) is 0 Å². The second-order valence-corrected chi connectivity index (χ2v) is 10.3. The molecule has 0 amide bonds. The Morgan fingerprint density at radius 1 is 1.26 bits per heavy atom. The minimum atomic E-state index is -0.979. The maximum Gasteiger partial charge on any atom is 0.309 e. The van der Waals surface area contributed by atoms with Crippen LogP contribution >= 0.6 is 18.9 Å². The molecule has 0 saturated carbocycles. The smallest absolute Gasteiger partial charge is 0.309 e. The summed E-state index contributed by atoms with van der Waals surface area (Å²) in [5.41, 5.74) is 8.85. The molecule has 0 bridgehead atoms. The van der Waals surface area contributed by atoms with Gasteiger partial charge in [0.2, 0.25) is 0 Å². The van der Waals surface area contributed by atoms with Crippen LogP contribution in [-0.2, 0) is 23.4 Å². The topological polar surface area (TPSA) is 131 Å². The summed E-state index contributed by atoms with van der Waals surface area (Å²) in [7, 11) is 4.41. The zero-order valence-electron chi connectivity index (χ0n) is 21.1. The third kappa shape index (κ3) is 8.26. The van der Waals surface area contributed by atoms with Gasteiger partial charge in [-0.2, -0.15) is 0 Å². The first-order valence-electron chi connectivity index (χ1n) is 11.7. The molecule has 1 aliphatic heterocycles. The standard InChI is InChI=1S/C23H41N3O6P2/c1-7-13(2)18-11-16(25-26-24)17(27)10-8-9-14(3)21(32-34)15(4)22(29)23(5,6)19(31-33)12-20(28)30-18/h7,14-19,21,27H,8-12,33-34H2,1-6H3/b13-7+. The number of ketones is 1. The highest BCUT2D eigenvalue weighted by Gasteiger charge is 2.44. The van der Waals surface area contributed by atoms with E-state index < -0.39 is 41.7 Å². The van der Waals surface area contributed by atoms with Gasteiger partial charge in [0.15, 0.2) is 0 Å². The number of aliphatic hydroxyl groups is 1. The Hall–Kier alpha value is -1.07. The lowest BCUT2D eigenvalue weighted by molar-refractivity contribution is -0.153. The number of rotatable bonds is 4. The van der Waals surface area contributed by atoms with E-state index in [1.54, 1.807) is 13.8 Å². The van der Waals surface area contributed by atoms with Crippen LogP contribution in [0.2, 0.25) is 0 Å². The van der Waals surface area contributed by atoms with Crippen LogP contribution in [0.4, 0.5) is 0 Å². The van der Waals surface area contributed by atoms with Gasteiger partial charge in [-0.15, -0.1) is 0 Å². The van der Waals surface area contributed by atoms with Crippen LogP contribution in [0.25, 0.3) is 10.4 Å². The van der Waals surface area contributed by atoms with Gasteiger partial charge in [-0.25, -0.2) is 0 Å². The van der Waals surface area contributed by atoms with E-state index in [9.17, 15) is 14.7 Å². The first-order valence-corrected chi connectivity index (χ1v) is 12.7. The second kappa shape index (κ2) is 14.5. The molecular formula is C23H41N3O6P2. The Balaban J connectivity index is 3.40. The van der Waals surface area contributed by atoms with Gasteiger partial charge in [-0.3, -0.25) is 9.59 Å². The van der Waals surface area contributed by atoms with Crippen molar-refractivity contribution in [1.82, 2.24) is 0 Å². The van der Waals surface area contributed by atoms with Gasteiger partial charge in [0.05, 0.1) is 36.2 Å². The lowest BCUT2D eigenvalue weighted by Crippen LogP contribution is -2.46. The van der Waals surface area contributed by atoms with Crippen molar-refractivity contribution in [3.05, 3.63) is 22.1 Å². The van der Waals surface area contributed by atoms with Crippen molar-refractivity contribution >= 4 is 30.7 Å². The lowest BCUT2D eigenvalue weighted by atomic mass is 9.73. The maximum absolute atomic E-state index is 13.5. The van der Waals surface area contributed by atoms with Crippen LogP contribution in [0.1, 0.15) is 73.6 Å². The summed E-state index contributed by atoms with van der Waals surface area (Å²) in [6.07, 6.45) is 0.942. The molecule has 9 atom stereocenters. The van der Waals surface area contributed by atoms with Crippen molar-refractivity contribution in [2.45, 2.75) is 104 Å². The Kier molecular flexibility index (Phi) is 13.2. The molecule has 34 heavy (non-hydrogen) atoms. The molecule has 1 saturated heterocycles. The molecule has 1 aliphatic rings. The Morgan fingerprint density at radius 3 is 2.44 bits per heavy atom. The summed E-state index contributed by atoms with van der Waals surface area (Å²) in [4.78, 5) is 29.3. The molecule has 9 nitrogen and oxygen atoms in total. The molecule has 0 aromatic rings. The molecule has 9 unspecified atom stereocenters. The minimum absolute atomic E-state index is 0.0311. The van der Waals surface area contributed by atoms with Gasteiger partial charge in [0.1, 0.15) is 11.9 Å². The van der Waals surface area contributed by atoms with Crippen molar-refractivity contribution in [2.24, 2.45) is 22.4 Å². The highest BCUT2D eigenvalue weighted by atomic mass is 31.0. The van der Waals surface area contributed by atoms with Gasteiger partial charge >= 0.3 is 5.97 Å². The fourth-order valence-corrected chi connectivity index (χ4v) is 5.50. The molecule has 11 heteroatoms. The minimum Gasteiger partial charge on any atom is -0.458 e. The van der Waals surface area contributed by atoms with Crippen LogP contribution in [0.15, 0.2) is 16.8 Å². The zero-order chi connectivity index (χ0) is 26.1. The van der Waals surface area contributed by atoms with Crippen molar-refractivity contribution in [2.75, 3.05) is 0 Å². The molecular weight excluding hydrogens is 476 g/mol. The number of allylic oxidation sites excluding steroid dienone is 1. The normalized spacial score (nSPS) is 34.7. The predicted molar refractivity (Wildman–Crippen MR) is 138 cm³/mol. The first kappa shape index (κ1) is 31.0. The second-order valence-electron chi connectivity index (χ2n) is 9.80. The maximum atomic E-state index is 13.5. The molecule has 0 aliphatic carbocycles. The largest absolute Gasteiger partial charge is 0.458 e. The van der Waals surface area contributed by atoms with E-state index in [2.05, 4.69) is 29.0 Å². The Bertz CT molecular complexity index is 772. The average Bonchev–Trinajstić information content (AvgIpc) is 2.79. The van der Waals surface area contributed by atoms with Crippen molar-refractivity contribution in [3.8, 4) is 0 Å². The van der Waals surface area contributed by atoms with E-state index in [-0.39, 0.29) is 30.6 Å². The number of azide groups is 1. The summed E-state index contributed by atoms with van der Waals surface area (Å²) in [6, 6.07) is -0.750. The van der Waals surface area contributed by atoms with E-state index in [1.165, 1.54) is 0 Å². The quantitative estimate of drug-likeness (QED) is 0.138. The summed E-state index contributed by atoms with van der Waals surface area (Å²) < 4.78 is 16.9. The fourth-order valence-electron chi connectivity index (χ4n) is 4.56. The summed E-state index contributed by atoms with van der Waals surface area (Å²) >= 11 is 0. The molecule has 194 valence electrons. The highest BCUT2D eigenvalue weighted by molar-refractivity contribution is 7.10. The highest BCUT2D eigenvalue weighted by Crippen LogP contribution is 2.36. The van der Waals surface area contributed by atoms with Crippen LogP contribution in [0.3, 0.4) is 0 Å².